The summed E-state index contributed by atoms with van der Waals surface area (Å²) >= 11 is 0. The first-order valence-electron chi connectivity index (χ1n) is 6.09. The van der Waals surface area contributed by atoms with Gasteiger partial charge in [-0.25, -0.2) is 4.68 Å². The van der Waals surface area contributed by atoms with Gasteiger partial charge in [0.2, 0.25) is 0 Å². The number of rotatable bonds is 5. The minimum atomic E-state index is 0.815. The molecule has 0 saturated carbocycles. The summed E-state index contributed by atoms with van der Waals surface area (Å²) in [4.78, 5) is 0. The standard InChI is InChI=1S/C13H19N3/c1-3-11(2)7-6-10-16-13-9-5-4-8-12(13)14-15-16/h4-5,8-9,11H,3,6-7,10H2,1-2H3. The van der Waals surface area contributed by atoms with Crippen LogP contribution in [-0.4, -0.2) is 15.0 Å². The lowest BCUT2D eigenvalue weighted by atomic mass is 10.0. The van der Waals surface area contributed by atoms with Gasteiger partial charge in [-0.15, -0.1) is 5.10 Å². The zero-order valence-corrected chi connectivity index (χ0v) is 10.1. The summed E-state index contributed by atoms with van der Waals surface area (Å²) in [6, 6.07) is 8.13. The summed E-state index contributed by atoms with van der Waals surface area (Å²) in [5.74, 6) is 0.815. The molecular formula is C13H19N3. The summed E-state index contributed by atoms with van der Waals surface area (Å²) < 4.78 is 2.01. The van der Waals surface area contributed by atoms with E-state index in [2.05, 4.69) is 30.2 Å². The van der Waals surface area contributed by atoms with Gasteiger partial charge in [0.05, 0.1) is 5.52 Å². The fourth-order valence-electron chi connectivity index (χ4n) is 1.88. The predicted molar refractivity (Wildman–Crippen MR) is 66.2 cm³/mol. The lowest BCUT2D eigenvalue weighted by molar-refractivity contribution is 0.455. The van der Waals surface area contributed by atoms with E-state index in [0.717, 1.165) is 23.5 Å². The molecule has 0 N–H and O–H groups in total. The molecule has 0 aliphatic carbocycles. The van der Waals surface area contributed by atoms with Crippen LogP contribution in [0.2, 0.25) is 0 Å². The topological polar surface area (TPSA) is 30.7 Å². The lowest BCUT2D eigenvalue weighted by Gasteiger charge is -2.07. The number of para-hydroxylation sites is 1. The number of fused-ring (bicyclic) bond motifs is 1. The van der Waals surface area contributed by atoms with Gasteiger partial charge in [0.1, 0.15) is 5.52 Å². The summed E-state index contributed by atoms with van der Waals surface area (Å²) in [6.45, 7) is 5.53. The number of benzene rings is 1. The van der Waals surface area contributed by atoms with Gasteiger partial charge < -0.3 is 0 Å². The van der Waals surface area contributed by atoms with Crippen LogP contribution in [0.3, 0.4) is 0 Å². The fraction of sp³-hybridized carbons (Fsp3) is 0.538. The Morgan fingerprint density at radius 1 is 1.31 bits per heavy atom. The first-order chi connectivity index (χ1) is 7.81. The van der Waals surface area contributed by atoms with E-state index in [1.165, 1.54) is 19.3 Å². The minimum absolute atomic E-state index is 0.815. The Kier molecular flexibility index (Phi) is 3.54. The van der Waals surface area contributed by atoms with E-state index >= 15 is 0 Å². The second-order valence-corrected chi connectivity index (χ2v) is 4.46. The Morgan fingerprint density at radius 2 is 2.12 bits per heavy atom. The van der Waals surface area contributed by atoms with Crippen molar-refractivity contribution >= 4 is 11.0 Å². The van der Waals surface area contributed by atoms with Crippen LogP contribution in [0.5, 0.6) is 0 Å². The third kappa shape index (κ3) is 2.40. The van der Waals surface area contributed by atoms with Gasteiger partial charge in [-0.05, 0) is 30.9 Å². The van der Waals surface area contributed by atoms with Crippen molar-refractivity contribution in [3.05, 3.63) is 24.3 Å². The number of aryl methyl sites for hydroxylation is 1. The maximum absolute atomic E-state index is 4.18. The highest BCUT2D eigenvalue weighted by Gasteiger charge is 2.04. The van der Waals surface area contributed by atoms with Crippen molar-refractivity contribution in [1.29, 1.82) is 0 Å². The minimum Gasteiger partial charge on any atom is -0.245 e. The number of aromatic nitrogens is 3. The van der Waals surface area contributed by atoms with Gasteiger partial charge in [0.15, 0.2) is 0 Å². The van der Waals surface area contributed by atoms with E-state index in [1.54, 1.807) is 0 Å². The SMILES string of the molecule is CCC(C)CCCn1nnc2ccccc21. The average molecular weight is 217 g/mol. The van der Waals surface area contributed by atoms with Crippen molar-refractivity contribution in [3.63, 3.8) is 0 Å². The van der Waals surface area contributed by atoms with Gasteiger partial charge >= 0.3 is 0 Å². The van der Waals surface area contributed by atoms with Crippen LogP contribution in [0, 0.1) is 5.92 Å². The highest BCUT2D eigenvalue weighted by atomic mass is 15.4. The van der Waals surface area contributed by atoms with E-state index in [-0.39, 0.29) is 0 Å². The third-order valence-electron chi connectivity index (χ3n) is 3.18. The number of nitrogens with zero attached hydrogens (tertiary/aromatic N) is 3. The molecule has 2 aromatic rings. The predicted octanol–water partition coefficient (Wildman–Crippen LogP) is 3.26. The summed E-state index contributed by atoms with van der Waals surface area (Å²) in [7, 11) is 0. The second-order valence-electron chi connectivity index (χ2n) is 4.46. The van der Waals surface area contributed by atoms with E-state index < -0.39 is 0 Å². The summed E-state index contributed by atoms with van der Waals surface area (Å²) in [5, 5.41) is 8.33. The van der Waals surface area contributed by atoms with Gasteiger partial charge in [-0.2, -0.15) is 0 Å². The average Bonchev–Trinajstić information content (AvgIpc) is 2.73. The second kappa shape index (κ2) is 5.10. The van der Waals surface area contributed by atoms with Crippen molar-refractivity contribution in [2.75, 3.05) is 0 Å². The van der Waals surface area contributed by atoms with Crippen molar-refractivity contribution in [2.45, 2.75) is 39.7 Å². The Hall–Kier alpha value is -1.38. The maximum Gasteiger partial charge on any atom is 0.113 e. The molecule has 1 unspecified atom stereocenters. The molecule has 1 aromatic heterocycles. The molecule has 0 radical (unpaired) electrons. The molecule has 0 aliphatic heterocycles. The molecule has 16 heavy (non-hydrogen) atoms. The van der Waals surface area contributed by atoms with E-state index in [0.29, 0.717) is 0 Å². The molecule has 0 bridgehead atoms. The van der Waals surface area contributed by atoms with Gasteiger partial charge in [0.25, 0.3) is 0 Å². The van der Waals surface area contributed by atoms with Gasteiger partial charge in [-0.1, -0.05) is 37.6 Å². The van der Waals surface area contributed by atoms with Crippen LogP contribution >= 0.6 is 0 Å². The molecule has 0 fully saturated rings. The van der Waals surface area contributed by atoms with Crippen LogP contribution in [-0.2, 0) is 6.54 Å². The third-order valence-corrected chi connectivity index (χ3v) is 3.18. The molecule has 1 heterocycles. The van der Waals surface area contributed by atoms with Crippen LogP contribution in [0.4, 0.5) is 0 Å². The van der Waals surface area contributed by atoms with E-state index in [9.17, 15) is 0 Å². The number of hydrogen-bond acceptors (Lipinski definition) is 2. The molecule has 0 aliphatic rings. The van der Waals surface area contributed by atoms with Crippen molar-refractivity contribution in [2.24, 2.45) is 5.92 Å². The Balaban J connectivity index is 1.99. The zero-order valence-electron chi connectivity index (χ0n) is 10.1. The monoisotopic (exact) mass is 217 g/mol. The van der Waals surface area contributed by atoms with E-state index in [1.807, 2.05) is 22.9 Å². The van der Waals surface area contributed by atoms with Crippen molar-refractivity contribution in [3.8, 4) is 0 Å². The van der Waals surface area contributed by atoms with Gasteiger partial charge in [-0.3, -0.25) is 0 Å². The fourth-order valence-corrected chi connectivity index (χ4v) is 1.88. The molecule has 1 atom stereocenters. The normalized spacial score (nSPS) is 13.1. The first-order valence-corrected chi connectivity index (χ1v) is 6.09. The van der Waals surface area contributed by atoms with Crippen LogP contribution in [0.1, 0.15) is 33.1 Å². The Bertz CT molecular complexity index is 447. The molecule has 3 nitrogen and oxygen atoms in total. The van der Waals surface area contributed by atoms with Crippen molar-refractivity contribution < 1.29 is 0 Å². The molecule has 0 amide bonds. The quantitative estimate of drug-likeness (QED) is 0.769. The largest absolute Gasteiger partial charge is 0.245 e. The molecule has 0 spiro atoms. The zero-order chi connectivity index (χ0) is 11.4. The van der Waals surface area contributed by atoms with Gasteiger partial charge in [0, 0.05) is 6.54 Å². The van der Waals surface area contributed by atoms with Crippen LogP contribution in [0.25, 0.3) is 11.0 Å². The highest BCUT2D eigenvalue weighted by molar-refractivity contribution is 5.73. The molecular weight excluding hydrogens is 198 g/mol. The van der Waals surface area contributed by atoms with Crippen LogP contribution in [0.15, 0.2) is 24.3 Å². The Morgan fingerprint density at radius 3 is 2.94 bits per heavy atom. The molecule has 1 aromatic carbocycles. The molecule has 0 saturated heterocycles. The number of hydrogen-bond donors (Lipinski definition) is 0. The lowest BCUT2D eigenvalue weighted by Crippen LogP contribution is -2.02. The highest BCUT2D eigenvalue weighted by Crippen LogP contribution is 2.13. The maximum atomic E-state index is 4.18. The summed E-state index contributed by atoms with van der Waals surface area (Å²) in [5.41, 5.74) is 2.14. The first kappa shape index (κ1) is 11.1. The van der Waals surface area contributed by atoms with Crippen LogP contribution < -0.4 is 0 Å². The van der Waals surface area contributed by atoms with E-state index in [4.69, 9.17) is 0 Å². The van der Waals surface area contributed by atoms with Crippen molar-refractivity contribution in [1.82, 2.24) is 15.0 Å². The molecule has 86 valence electrons. The molecule has 3 heteroatoms. The molecule has 2 rings (SSSR count). The smallest absolute Gasteiger partial charge is 0.113 e. The summed E-state index contributed by atoms with van der Waals surface area (Å²) in [6.07, 6.45) is 3.71. The Labute approximate surface area is 96.5 Å².